The quantitative estimate of drug-likeness (QED) is 0.537. The summed E-state index contributed by atoms with van der Waals surface area (Å²) in [5.41, 5.74) is 4.71. The SMILES string of the molecule is CCOc1ccc(C(C)(C)C)cc1NC1(Nc2ccccc2CC)CCCCO1. The molecular weight excluding hydrogens is 360 g/mol. The highest BCUT2D eigenvalue weighted by molar-refractivity contribution is 5.62. The van der Waals surface area contributed by atoms with Crippen molar-refractivity contribution in [2.45, 2.75) is 71.6 Å². The van der Waals surface area contributed by atoms with E-state index in [1.54, 1.807) is 0 Å². The Bertz CT molecular complexity index is 805. The zero-order chi connectivity index (χ0) is 20.9. The molecule has 0 saturated carbocycles. The van der Waals surface area contributed by atoms with Crippen LogP contribution >= 0.6 is 0 Å². The smallest absolute Gasteiger partial charge is 0.216 e. The fraction of sp³-hybridized carbons (Fsp3) is 0.520. The van der Waals surface area contributed by atoms with E-state index in [9.17, 15) is 0 Å². The molecule has 3 rings (SSSR count). The predicted molar refractivity (Wildman–Crippen MR) is 122 cm³/mol. The van der Waals surface area contributed by atoms with Crippen LogP contribution in [0, 0.1) is 0 Å². The number of aryl methyl sites for hydroxylation is 1. The minimum Gasteiger partial charge on any atom is -0.492 e. The number of benzene rings is 2. The molecule has 2 aromatic carbocycles. The fourth-order valence-corrected chi connectivity index (χ4v) is 3.78. The second kappa shape index (κ2) is 9.08. The Hall–Kier alpha value is -2.20. The van der Waals surface area contributed by atoms with Gasteiger partial charge in [-0.15, -0.1) is 0 Å². The summed E-state index contributed by atoms with van der Waals surface area (Å²) in [6.07, 6.45) is 4.05. The van der Waals surface area contributed by atoms with Crippen molar-refractivity contribution < 1.29 is 9.47 Å². The number of anilines is 2. The van der Waals surface area contributed by atoms with E-state index in [1.807, 2.05) is 6.92 Å². The van der Waals surface area contributed by atoms with E-state index in [2.05, 4.69) is 80.8 Å². The maximum Gasteiger partial charge on any atom is 0.216 e. The van der Waals surface area contributed by atoms with Crippen molar-refractivity contribution in [2.24, 2.45) is 0 Å². The summed E-state index contributed by atoms with van der Waals surface area (Å²) in [5.74, 6) is 0.214. The lowest BCUT2D eigenvalue weighted by Gasteiger charge is -2.41. The summed E-state index contributed by atoms with van der Waals surface area (Å²) >= 11 is 0. The van der Waals surface area contributed by atoms with E-state index in [0.29, 0.717) is 6.61 Å². The molecule has 1 unspecified atom stereocenters. The van der Waals surface area contributed by atoms with E-state index in [-0.39, 0.29) is 5.41 Å². The standard InChI is InChI=1S/C25H36N2O2/c1-6-19-12-8-9-13-21(19)26-25(16-10-11-17-29-25)27-22-18-20(24(3,4)5)14-15-23(22)28-7-2/h8-9,12-15,18,26-27H,6-7,10-11,16-17H2,1-5H3. The highest BCUT2D eigenvalue weighted by Gasteiger charge is 2.35. The highest BCUT2D eigenvalue weighted by atomic mass is 16.5. The van der Waals surface area contributed by atoms with Crippen LogP contribution in [0.5, 0.6) is 5.75 Å². The van der Waals surface area contributed by atoms with Crippen LogP contribution in [0.25, 0.3) is 0 Å². The van der Waals surface area contributed by atoms with Crippen LogP contribution in [-0.4, -0.2) is 19.1 Å². The van der Waals surface area contributed by atoms with Crippen molar-refractivity contribution in [2.75, 3.05) is 23.8 Å². The second-order valence-corrected chi connectivity index (χ2v) is 8.79. The van der Waals surface area contributed by atoms with Crippen LogP contribution in [0.2, 0.25) is 0 Å². The van der Waals surface area contributed by atoms with Crippen LogP contribution < -0.4 is 15.4 Å². The number of hydrogen-bond donors (Lipinski definition) is 2. The summed E-state index contributed by atoms with van der Waals surface area (Å²) < 4.78 is 12.3. The molecule has 0 bridgehead atoms. The van der Waals surface area contributed by atoms with Gasteiger partial charge in [-0.25, -0.2) is 0 Å². The van der Waals surface area contributed by atoms with Gasteiger partial charge in [0, 0.05) is 12.1 Å². The molecule has 4 nitrogen and oxygen atoms in total. The maximum atomic E-state index is 6.35. The van der Waals surface area contributed by atoms with E-state index < -0.39 is 5.85 Å². The topological polar surface area (TPSA) is 42.5 Å². The molecule has 0 amide bonds. The van der Waals surface area contributed by atoms with Crippen LogP contribution in [0.1, 0.15) is 65.0 Å². The Morgan fingerprint density at radius 3 is 2.41 bits per heavy atom. The van der Waals surface area contributed by atoms with E-state index in [4.69, 9.17) is 9.47 Å². The fourth-order valence-electron chi connectivity index (χ4n) is 3.78. The average molecular weight is 397 g/mol. The Balaban J connectivity index is 1.98. The van der Waals surface area contributed by atoms with Crippen LogP contribution in [0.15, 0.2) is 42.5 Å². The van der Waals surface area contributed by atoms with Crippen LogP contribution in [-0.2, 0) is 16.6 Å². The zero-order valence-electron chi connectivity index (χ0n) is 18.6. The van der Waals surface area contributed by atoms with Crippen molar-refractivity contribution >= 4 is 11.4 Å². The second-order valence-electron chi connectivity index (χ2n) is 8.79. The van der Waals surface area contributed by atoms with Crippen molar-refractivity contribution in [1.82, 2.24) is 0 Å². The van der Waals surface area contributed by atoms with Gasteiger partial charge in [0.15, 0.2) is 0 Å². The Morgan fingerprint density at radius 2 is 1.76 bits per heavy atom. The largest absolute Gasteiger partial charge is 0.492 e. The zero-order valence-corrected chi connectivity index (χ0v) is 18.6. The molecule has 1 saturated heterocycles. The first-order valence-corrected chi connectivity index (χ1v) is 10.9. The summed E-state index contributed by atoms with van der Waals surface area (Å²) in [4.78, 5) is 0. The molecule has 0 radical (unpaired) electrons. The maximum absolute atomic E-state index is 6.35. The number of nitrogens with one attached hydrogen (secondary N) is 2. The first kappa shape index (κ1) is 21.5. The van der Waals surface area contributed by atoms with Crippen molar-refractivity contribution in [1.29, 1.82) is 0 Å². The third-order valence-corrected chi connectivity index (χ3v) is 5.49. The average Bonchev–Trinajstić information content (AvgIpc) is 2.70. The lowest BCUT2D eigenvalue weighted by Crippen LogP contribution is -2.51. The summed E-state index contributed by atoms with van der Waals surface area (Å²) in [5, 5.41) is 7.40. The number of ether oxygens (including phenoxy) is 2. The molecule has 1 aliphatic rings. The highest BCUT2D eigenvalue weighted by Crippen LogP contribution is 2.36. The summed E-state index contributed by atoms with van der Waals surface area (Å²) in [6, 6.07) is 14.9. The molecular formula is C25H36N2O2. The molecule has 158 valence electrons. The molecule has 0 spiro atoms. The first-order valence-electron chi connectivity index (χ1n) is 10.9. The van der Waals surface area contributed by atoms with Gasteiger partial charge in [0.2, 0.25) is 5.85 Å². The van der Waals surface area contributed by atoms with Gasteiger partial charge in [-0.2, -0.15) is 0 Å². The third-order valence-electron chi connectivity index (χ3n) is 5.49. The van der Waals surface area contributed by atoms with Gasteiger partial charge < -0.3 is 20.1 Å². The summed E-state index contributed by atoms with van der Waals surface area (Å²) in [6.45, 7) is 12.3. The van der Waals surface area contributed by atoms with Gasteiger partial charge in [0.1, 0.15) is 5.75 Å². The lowest BCUT2D eigenvalue weighted by atomic mass is 9.86. The number of para-hydroxylation sites is 1. The minimum atomic E-state index is -0.647. The third kappa shape index (κ3) is 5.24. The van der Waals surface area contributed by atoms with Crippen molar-refractivity contribution in [3.8, 4) is 5.75 Å². The van der Waals surface area contributed by atoms with Crippen LogP contribution in [0.4, 0.5) is 11.4 Å². The molecule has 1 heterocycles. The molecule has 1 atom stereocenters. The molecule has 29 heavy (non-hydrogen) atoms. The first-order chi connectivity index (χ1) is 13.9. The molecule has 4 heteroatoms. The van der Waals surface area contributed by atoms with Crippen LogP contribution in [0.3, 0.4) is 0 Å². The molecule has 2 aromatic rings. The minimum absolute atomic E-state index is 0.0595. The molecule has 1 fully saturated rings. The van der Waals surface area contributed by atoms with E-state index in [0.717, 1.165) is 49.4 Å². The molecule has 2 N–H and O–H groups in total. The molecule has 0 aliphatic carbocycles. The monoisotopic (exact) mass is 396 g/mol. The van der Waals surface area contributed by atoms with Gasteiger partial charge in [-0.1, -0.05) is 52.0 Å². The van der Waals surface area contributed by atoms with Gasteiger partial charge in [-0.05, 0) is 60.9 Å². The van der Waals surface area contributed by atoms with E-state index >= 15 is 0 Å². The normalized spacial score (nSPS) is 19.6. The molecule has 1 aliphatic heterocycles. The number of hydrogen-bond acceptors (Lipinski definition) is 4. The Labute approximate surface area is 176 Å². The van der Waals surface area contributed by atoms with Gasteiger partial charge >= 0.3 is 0 Å². The van der Waals surface area contributed by atoms with E-state index in [1.165, 1.54) is 11.1 Å². The number of rotatable bonds is 7. The van der Waals surface area contributed by atoms with Gasteiger partial charge in [0.05, 0.1) is 18.9 Å². The summed E-state index contributed by atoms with van der Waals surface area (Å²) in [7, 11) is 0. The van der Waals surface area contributed by atoms with Crippen molar-refractivity contribution in [3.63, 3.8) is 0 Å². The lowest BCUT2D eigenvalue weighted by molar-refractivity contribution is -0.0374. The predicted octanol–water partition coefficient (Wildman–Crippen LogP) is 6.32. The van der Waals surface area contributed by atoms with Crippen molar-refractivity contribution in [3.05, 3.63) is 53.6 Å². The van der Waals surface area contributed by atoms with Gasteiger partial charge in [-0.3, -0.25) is 0 Å². The Morgan fingerprint density at radius 1 is 1.00 bits per heavy atom. The van der Waals surface area contributed by atoms with Gasteiger partial charge in [0.25, 0.3) is 0 Å². The molecule has 0 aromatic heterocycles. The Kier molecular flexibility index (Phi) is 6.74.